The lowest BCUT2D eigenvalue weighted by Gasteiger charge is -2.22. The minimum atomic E-state index is 0.667. The summed E-state index contributed by atoms with van der Waals surface area (Å²) >= 11 is 0. The fourth-order valence-corrected chi connectivity index (χ4v) is 1.30. The zero-order chi connectivity index (χ0) is 8.85. The molecule has 0 aliphatic rings. The molecule has 0 radical (unpaired) electrons. The summed E-state index contributed by atoms with van der Waals surface area (Å²) in [4.78, 5) is 4.09. The third-order valence-electron chi connectivity index (χ3n) is 2.54. The molecule has 0 aromatic heterocycles. The van der Waals surface area contributed by atoms with Gasteiger partial charge in [0.1, 0.15) is 0 Å². The monoisotopic (exact) mass is 155 g/mol. The van der Waals surface area contributed by atoms with Crippen LogP contribution < -0.4 is 0 Å². The van der Waals surface area contributed by atoms with Gasteiger partial charge in [-0.05, 0) is 24.2 Å². The topological polar surface area (TPSA) is 12.4 Å². The first-order chi connectivity index (χ1) is 5.13. The molecular weight excluding hydrogens is 134 g/mol. The average molecular weight is 155 g/mol. The molecule has 2 atom stereocenters. The average Bonchev–Trinajstić information content (AvgIpc) is 1.98. The molecule has 0 aliphatic heterocycles. The van der Waals surface area contributed by atoms with Gasteiger partial charge >= 0.3 is 0 Å². The smallest absolute Gasteiger partial charge is 0.0273 e. The highest BCUT2D eigenvalue weighted by Gasteiger charge is 2.15. The van der Waals surface area contributed by atoms with E-state index in [1.807, 2.05) is 7.05 Å². The van der Waals surface area contributed by atoms with E-state index in [-0.39, 0.29) is 0 Å². The number of nitrogens with zero attached hydrogens (tertiary/aromatic N) is 1. The Kier molecular flexibility index (Phi) is 5.18. The van der Waals surface area contributed by atoms with Crippen LogP contribution in [-0.4, -0.2) is 13.3 Å². The Bertz CT molecular complexity index is 116. The summed E-state index contributed by atoms with van der Waals surface area (Å²) in [7, 11) is 1.86. The van der Waals surface area contributed by atoms with Gasteiger partial charge in [0.25, 0.3) is 0 Å². The second kappa shape index (κ2) is 5.34. The summed E-state index contributed by atoms with van der Waals surface area (Å²) in [5, 5.41) is 0. The molecule has 1 nitrogen and oxygen atoms in total. The number of hydrogen-bond acceptors (Lipinski definition) is 1. The molecule has 0 rings (SSSR count). The molecule has 0 saturated carbocycles. The van der Waals surface area contributed by atoms with Crippen LogP contribution in [0.15, 0.2) is 4.99 Å². The molecule has 0 bridgehead atoms. The molecule has 0 aromatic rings. The van der Waals surface area contributed by atoms with Crippen molar-refractivity contribution in [2.45, 2.75) is 34.1 Å². The predicted molar refractivity (Wildman–Crippen MR) is 52.2 cm³/mol. The maximum atomic E-state index is 4.09. The van der Waals surface area contributed by atoms with Crippen LogP contribution >= 0.6 is 0 Å². The van der Waals surface area contributed by atoms with Crippen LogP contribution in [0.4, 0.5) is 0 Å². The second-order valence-electron chi connectivity index (χ2n) is 3.58. The van der Waals surface area contributed by atoms with Crippen LogP contribution in [0, 0.1) is 17.8 Å². The molecule has 0 aromatic carbocycles. The number of aliphatic imine (C=N–C) groups is 1. The van der Waals surface area contributed by atoms with Crippen molar-refractivity contribution in [3.63, 3.8) is 0 Å². The highest BCUT2D eigenvalue weighted by atomic mass is 14.6. The Morgan fingerprint density at radius 1 is 1.27 bits per heavy atom. The van der Waals surface area contributed by atoms with Crippen molar-refractivity contribution in [1.29, 1.82) is 0 Å². The van der Waals surface area contributed by atoms with Crippen LogP contribution in [-0.2, 0) is 0 Å². The van der Waals surface area contributed by atoms with Crippen molar-refractivity contribution in [3.8, 4) is 0 Å². The highest BCUT2D eigenvalue weighted by Crippen LogP contribution is 2.21. The minimum Gasteiger partial charge on any atom is -0.301 e. The zero-order valence-corrected chi connectivity index (χ0v) is 8.46. The van der Waals surface area contributed by atoms with E-state index >= 15 is 0 Å². The minimum absolute atomic E-state index is 0.667. The quantitative estimate of drug-likeness (QED) is 0.553. The van der Waals surface area contributed by atoms with Gasteiger partial charge in [-0.25, -0.2) is 0 Å². The first-order valence-electron chi connectivity index (χ1n) is 4.55. The van der Waals surface area contributed by atoms with Crippen molar-refractivity contribution < 1.29 is 0 Å². The van der Waals surface area contributed by atoms with Crippen LogP contribution in [0.3, 0.4) is 0 Å². The van der Waals surface area contributed by atoms with Crippen molar-refractivity contribution in [1.82, 2.24) is 0 Å². The van der Waals surface area contributed by atoms with Crippen molar-refractivity contribution in [2.75, 3.05) is 7.05 Å². The summed E-state index contributed by atoms with van der Waals surface area (Å²) in [6.07, 6.45) is 3.29. The van der Waals surface area contributed by atoms with Crippen LogP contribution in [0.1, 0.15) is 34.1 Å². The molecular formula is C10H21N. The molecule has 0 heterocycles. The zero-order valence-electron chi connectivity index (χ0n) is 8.46. The van der Waals surface area contributed by atoms with E-state index in [4.69, 9.17) is 0 Å². The molecule has 0 fully saturated rings. The molecule has 66 valence electrons. The Morgan fingerprint density at radius 2 is 1.82 bits per heavy atom. The van der Waals surface area contributed by atoms with E-state index in [2.05, 4.69) is 38.9 Å². The van der Waals surface area contributed by atoms with Gasteiger partial charge in [-0.2, -0.15) is 0 Å². The van der Waals surface area contributed by atoms with Gasteiger partial charge in [0.2, 0.25) is 0 Å². The number of rotatable bonds is 4. The standard InChI is InChI=1S/C10H21N/c1-6-10(7-11-5)9(4)8(2)3/h7-10H,6H2,1-5H3/t9?,10-/m1/s1. The highest BCUT2D eigenvalue weighted by molar-refractivity contribution is 5.60. The van der Waals surface area contributed by atoms with Gasteiger partial charge < -0.3 is 4.99 Å². The number of hydrogen-bond donors (Lipinski definition) is 0. The molecule has 11 heavy (non-hydrogen) atoms. The SMILES string of the molecule is CC[C@H](C=NC)C(C)C(C)C. The maximum absolute atomic E-state index is 4.09. The van der Waals surface area contributed by atoms with Crippen molar-refractivity contribution in [2.24, 2.45) is 22.7 Å². The lowest BCUT2D eigenvalue weighted by atomic mass is 9.84. The predicted octanol–water partition coefficient (Wildman–Crippen LogP) is 3.01. The summed E-state index contributed by atoms with van der Waals surface area (Å²) < 4.78 is 0. The summed E-state index contributed by atoms with van der Waals surface area (Å²) in [6, 6.07) is 0. The van der Waals surface area contributed by atoms with E-state index in [9.17, 15) is 0 Å². The molecule has 0 amide bonds. The van der Waals surface area contributed by atoms with Crippen LogP contribution in [0.25, 0.3) is 0 Å². The Labute approximate surface area is 70.9 Å². The molecule has 1 unspecified atom stereocenters. The normalized spacial score (nSPS) is 17.6. The molecule has 0 saturated heterocycles. The van der Waals surface area contributed by atoms with Crippen molar-refractivity contribution in [3.05, 3.63) is 0 Å². The lowest BCUT2D eigenvalue weighted by molar-refractivity contribution is 0.338. The first-order valence-corrected chi connectivity index (χ1v) is 4.55. The second-order valence-corrected chi connectivity index (χ2v) is 3.58. The van der Waals surface area contributed by atoms with Gasteiger partial charge in [0.05, 0.1) is 0 Å². The van der Waals surface area contributed by atoms with Crippen molar-refractivity contribution >= 4 is 6.21 Å². The van der Waals surface area contributed by atoms with Gasteiger partial charge in [-0.15, -0.1) is 0 Å². The summed E-state index contributed by atoms with van der Waals surface area (Å²) in [5.41, 5.74) is 0. The fraction of sp³-hybridized carbons (Fsp3) is 0.900. The molecule has 0 spiro atoms. The lowest BCUT2D eigenvalue weighted by Crippen LogP contribution is -2.17. The molecule has 1 heteroatoms. The summed E-state index contributed by atoms with van der Waals surface area (Å²) in [6.45, 7) is 9.08. The van der Waals surface area contributed by atoms with E-state index in [0.717, 1.165) is 11.8 Å². The van der Waals surface area contributed by atoms with E-state index < -0.39 is 0 Å². The van der Waals surface area contributed by atoms with Gasteiger partial charge in [-0.1, -0.05) is 27.7 Å². The third-order valence-corrected chi connectivity index (χ3v) is 2.54. The van der Waals surface area contributed by atoms with Gasteiger partial charge in [0.15, 0.2) is 0 Å². The molecule has 0 N–H and O–H groups in total. The largest absolute Gasteiger partial charge is 0.301 e. The third kappa shape index (κ3) is 3.54. The summed E-state index contributed by atoms with van der Waals surface area (Å²) in [5.74, 6) is 2.18. The van der Waals surface area contributed by atoms with E-state index in [1.165, 1.54) is 6.42 Å². The maximum Gasteiger partial charge on any atom is 0.0273 e. The Balaban J connectivity index is 4.02. The molecule has 0 aliphatic carbocycles. The van der Waals surface area contributed by atoms with Crippen LogP contribution in [0.2, 0.25) is 0 Å². The van der Waals surface area contributed by atoms with Gasteiger partial charge in [0, 0.05) is 13.3 Å². The van der Waals surface area contributed by atoms with Crippen LogP contribution in [0.5, 0.6) is 0 Å². The van der Waals surface area contributed by atoms with E-state index in [1.54, 1.807) is 0 Å². The van der Waals surface area contributed by atoms with Gasteiger partial charge in [-0.3, -0.25) is 0 Å². The fourth-order valence-electron chi connectivity index (χ4n) is 1.30. The van der Waals surface area contributed by atoms with E-state index in [0.29, 0.717) is 5.92 Å². The Hall–Kier alpha value is -0.330. The first kappa shape index (κ1) is 10.7. The Morgan fingerprint density at radius 3 is 2.09 bits per heavy atom.